The van der Waals surface area contributed by atoms with Crippen LogP contribution in [-0.4, -0.2) is 26.3 Å². The summed E-state index contributed by atoms with van der Waals surface area (Å²) in [5.74, 6) is 0. The minimum Gasteiger partial charge on any atom is -0.423 e. The Balaban J connectivity index is 0.000000113. The fourth-order valence-corrected chi connectivity index (χ4v) is 12.5. The van der Waals surface area contributed by atoms with E-state index in [0.717, 1.165) is 44.8 Å². The van der Waals surface area contributed by atoms with Gasteiger partial charge in [-0.2, -0.15) is 0 Å². The molecule has 0 amide bonds. The van der Waals surface area contributed by atoms with Crippen LogP contribution >= 0.6 is 15.9 Å². The Labute approximate surface area is 449 Å². The van der Waals surface area contributed by atoms with Gasteiger partial charge in [0.2, 0.25) is 0 Å². The summed E-state index contributed by atoms with van der Waals surface area (Å²) in [6, 6.07) is 90.3. The maximum absolute atomic E-state index is 9.43. The van der Waals surface area contributed by atoms with Crippen molar-refractivity contribution in [2.45, 2.75) is 12.8 Å². The van der Waals surface area contributed by atoms with Gasteiger partial charge in [0, 0.05) is 37.4 Å². The van der Waals surface area contributed by atoms with Crippen LogP contribution in [0.1, 0.15) is 22.3 Å². The molecule has 2 aliphatic carbocycles. The summed E-state index contributed by atoms with van der Waals surface area (Å²) in [6.07, 6.45) is 2.10. The number of benzene rings is 12. The highest BCUT2D eigenvalue weighted by Crippen LogP contribution is 2.44. The van der Waals surface area contributed by atoms with Gasteiger partial charge in [-0.3, -0.25) is 0 Å². The second-order valence-electron chi connectivity index (χ2n) is 19.9. The van der Waals surface area contributed by atoms with Crippen LogP contribution in [0.5, 0.6) is 0 Å². The van der Waals surface area contributed by atoms with Gasteiger partial charge >= 0.3 is 7.12 Å². The molecule has 0 saturated carbocycles. The van der Waals surface area contributed by atoms with E-state index in [0.29, 0.717) is 5.46 Å². The van der Waals surface area contributed by atoms with Gasteiger partial charge in [-0.15, -0.1) is 0 Å². The number of hydrogen-bond acceptors (Lipinski definition) is 2. The van der Waals surface area contributed by atoms with E-state index in [1.807, 2.05) is 42.5 Å². The molecular weight excluding hydrogens is 991 g/mol. The van der Waals surface area contributed by atoms with Gasteiger partial charge in [-0.05, 0) is 168 Å². The maximum atomic E-state index is 9.43. The minimum absolute atomic E-state index is 0.503. The van der Waals surface area contributed by atoms with Crippen molar-refractivity contribution in [2.24, 2.45) is 0 Å². The summed E-state index contributed by atoms with van der Waals surface area (Å²) >= 11 is 3.54. The fourth-order valence-electron chi connectivity index (χ4n) is 12.1. The Morgan fingerprint density at radius 2 is 0.776 bits per heavy atom. The predicted octanol–water partition coefficient (Wildman–Crippen LogP) is 16.8. The molecule has 76 heavy (non-hydrogen) atoms. The van der Waals surface area contributed by atoms with Crippen molar-refractivity contribution in [1.29, 1.82) is 0 Å². The quantitative estimate of drug-likeness (QED) is 0.173. The van der Waals surface area contributed by atoms with E-state index < -0.39 is 7.12 Å². The molecule has 2 heterocycles. The number of halogens is 1. The first kappa shape index (κ1) is 45.8. The van der Waals surface area contributed by atoms with Crippen LogP contribution in [0.3, 0.4) is 0 Å². The molecule has 0 bridgehead atoms. The molecule has 6 heteroatoms. The number of fused-ring (bicyclic) bond motifs is 16. The van der Waals surface area contributed by atoms with Crippen molar-refractivity contribution < 1.29 is 10.0 Å². The standard InChI is InChI=1S/C35H23N.C18H14BNO2.C17H11Br/c1-2-9-28(10-3-1)36-33-13-7-6-12-31(33)32-22-24(17-19-34(32)36)23-16-18-30-26(20-23)14-15-27-21-25-8-4-5-11-29(25)35(27)30;21-19(22)13-10-11-18-16(12-13)15-8-4-5-9-17(15)20(18)14-6-2-1-3-7-14;18-14-7-8-16-12(10-14)5-6-13-9-11-3-1-2-4-15(11)17(13)16/h1-20,22H,21H2;1-12,21-22H;1-8,10H,9H2. The number of nitrogens with zero attached hydrogens (tertiary/aromatic N) is 2. The lowest BCUT2D eigenvalue weighted by Crippen LogP contribution is -2.29. The molecule has 0 atom stereocenters. The molecule has 0 saturated heterocycles. The maximum Gasteiger partial charge on any atom is 0.488 e. The average Bonchev–Trinajstić information content (AvgIpc) is 4.31. The van der Waals surface area contributed by atoms with Crippen LogP contribution in [0.15, 0.2) is 259 Å². The van der Waals surface area contributed by atoms with Gasteiger partial charge in [-0.25, -0.2) is 0 Å². The number of rotatable bonds is 4. The van der Waals surface area contributed by atoms with Crippen molar-refractivity contribution in [3.8, 4) is 44.8 Å². The monoisotopic (exact) mass is 1040 g/mol. The van der Waals surface area contributed by atoms with Crippen LogP contribution in [-0.2, 0) is 12.8 Å². The van der Waals surface area contributed by atoms with E-state index in [-0.39, 0.29) is 0 Å². The smallest absolute Gasteiger partial charge is 0.423 e. The summed E-state index contributed by atoms with van der Waals surface area (Å²) in [5.41, 5.74) is 21.3. The van der Waals surface area contributed by atoms with E-state index in [1.165, 1.54) is 105 Å². The second-order valence-corrected chi connectivity index (χ2v) is 20.8. The van der Waals surface area contributed by atoms with Crippen LogP contribution in [0.4, 0.5) is 0 Å². The molecule has 0 fully saturated rings. The minimum atomic E-state index is -1.46. The van der Waals surface area contributed by atoms with Crippen molar-refractivity contribution in [2.75, 3.05) is 0 Å². The third-order valence-electron chi connectivity index (χ3n) is 15.5. The highest BCUT2D eigenvalue weighted by atomic mass is 79.9. The Bertz CT molecular complexity index is 4580. The predicted molar refractivity (Wildman–Crippen MR) is 322 cm³/mol. The number of para-hydroxylation sites is 4. The van der Waals surface area contributed by atoms with Gasteiger partial charge < -0.3 is 19.2 Å². The molecule has 360 valence electrons. The zero-order valence-corrected chi connectivity index (χ0v) is 43.0. The van der Waals surface area contributed by atoms with Crippen molar-refractivity contribution in [3.05, 3.63) is 282 Å². The van der Waals surface area contributed by atoms with Crippen molar-refractivity contribution in [1.82, 2.24) is 9.13 Å². The zero-order chi connectivity index (χ0) is 50.9. The first-order valence-electron chi connectivity index (χ1n) is 25.9. The van der Waals surface area contributed by atoms with E-state index in [2.05, 4.69) is 231 Å². The lowest BCUT2D eigenvalue weighted by Gasteiger charge is -2.10. The third-order valence-corrected chi connectivity index (χ3v) is 16.0. The molecule has 2 N–H and O–H groups in total. The third kappa shape index (κ3) is 7.84. The van der Waals surface area contributed by atoms with Crippen molar-refractivity contribution >= 4 is 93.7 Å². The van der Waals surface area contributed by atoms with E-state index >= 15 is 0 Å². The van der Waals surface area contributed by atoms with Crippen LogP contribution in [0, 0.1) is 0 Å². The zero-order valence-electron chi connectivity index (χ0n) is 41.4. The summed E-state index contributed by atoms with van der Waals surface area (Å²) in [5, 5.41) is 28.9. The lowest BCUT2D eigenvalue weighted by molar-refractivity contribution is 0.426. The van der Waals surface area contributed by atoms with Crippen LogP contribution < -0.4 is 5.46 Å². The highest BCUT2D eigenvalue weighted by Gasteiger charge is 2.23. The topological polar surface area (TPSA) is 50.3 Å². The normalized spacial score (nSPS) is 12.0. The molecule has 16 rings (SSSR count). The van der Waals surface area contributed by atoms with E-state index in [9.17, 15) is 10.0 Å². The van der Waals surface area contributed by atoms with E-state index in [4.69, 9.17) is 0 Å². The molecule has 4 nitrogen and oxygen atoms in total. The van der Waals surface area contributed by atoms with Gasteiger partial charge in [0.05, 0.1) is 22.1 Å². The van der Waals surface area contributed by atoms with Gasteiger partial charge in [0.1, 0.15) is 0 Å². The Morgan fingerprint density at radius 1 is 0.329 bits per heavy atom. The Hall–Kier alpha value is -8.78. The Morgan fingerprint density at radius 3 is 1.36 bits per heavy atom. The van der Waals surface area contributed by atoms with Gasteiger partial charge in [-0.1, -0.05) is 198 Å². The molecular formula is C70H48BBrN2O2. The lowest BCUT2D eigenvalue weighted by atomic mass is 9.80. The molecule has 2 aromatic heterocycles. The molecule has 0 spiro atoms. The summed E-state index contributed by atoms with van der Waals surface area (Å²) in [4.78, 5) is 0. The number of aromatic nitrogens is 2. The summed E-state index contributed by atoms with van der Waals surface area (Å²) in [7, 11) is -1.46. The number of hydrogen-bond donors (Lipinski definition) is 2. The van der Waals surface area contributed by atoms with Gasteiger partial charge in [0.15, 0.2) is 0 Å². The molecule has 14 aromatic rings. The average molecular weight is 1040 g/mol. The first-order valence-corrected chi connectivity index (χ1v) is 26.7. The highest BCUT2D eigenvalue weighted by molar-refractivity contribution is 9.10. The van der Waals surface area contributed by atoms with Crippen molar-refractivity contribution in [3.63, 3.8) is 0 Å². The SMILES string of the molecule is Brc1ccc2c3c(ccc2c1)Cc1ccccc1-3.OB(O)c1ccc2c(c1)c1ccccc1n2-c1ccccc1.c1ccc(-n2c3ccccc3c3cc(-c4ccc5c6c(ccc5c4)Cc4ccccc4-6)ccc32)cc1. The van der Waals surface area contributed by atoms with Crippen LogP contribution in [0.2, 0.25) is 0 Å². The largest absolute Gasteiger partial charge is 0.488 e. The molecule has 12 aromatic carbocycles. The molecule has 0 unspecified atom stereocenters. The second kappa shape index (κ2) is 18.9. The van der Waals surface area contributed by atoms with Crippen LogP contribution in [0.25, 0.3) is 110 Å². The first-order chi connectivity index (χ1) is 37.4. The molecule has 0 aliphatic heterocycles. The molecule has 2 aliphatic rings. The summed E-state index contributed by atoms with van der Waals surface area (Å²) < 4.78 is 5.70. The van der Waals surface area contributed by atoms with Gasteiger partial charge in [0.25, 0.3) is 0 Å². The fraction of sp³-hybridized carbons (Fsp3) is 0.0286. The van der Waals surface area contributed by atoms with E-state index in [1.54, 1.807) is 6.07 Å². The Kier molecular flexibility index (Phi) is 11.4. The molecule has 0 radical (unpaired) electrons. The summed E-state index contributed by atoms with van der Waals surface area (Å²) in [6.45, 7) is 0.